The molecule has 0 aromatic carbocycles. The minimum absolute atomic E-state index is 0.0914. The standard InChI is InChI=1S/C18H21N5O3S/c1-10-15(17(26)22(3)4)27-18(20-10)21-16(25)13-9-23(11(2)24)8-12-6-5-7-19-14(12)13/h5-7,13H,8-9H2,1-4H3,(H,20,21,25). The van der Waals surface area contributed by atoms with Gasteiger partial charge in [0.15, 0.2) is 5.13 Å². The molecular weight excluding hydrogens is 366 g/mol. The summed E-state index contributed by atoms with van der Waals surface area (Å²) in [4.78, 5) is 49.2. The van der Waals surface area contributed by atoms with E-state index in [9.17, 15) is 14.4 Å². The van der Waals surface area contributed by atoms with Crippen molar-refractivity contribution in [3.8, 4) is 0 Å². The van der Waals surface area contributed by atoms with Crippen LogP contribution in [0.5, 0.6) is 0 Å². The monoisotopic (exact) mass is 387 g/mol. The Bertz CT molecular complexity index is 908. The van der Waals surface area contributed by atoms with Crippen LogP contribution in [0.2, 0.25) is 0 Å². The van der Waals surface area contributed by atoms with Crippen LogP contribution in [0.1, 0.15) is 39.5 Å². The maximum Gasteiger partial charge on any atom is 0.265 e. The number of pyridine rings is 1. The first-order chi connectivity index (χ1) is 12.8. The fourth-order valence-electron chi connectivity index (χ4n) is 2.97. The van der Waals surface area contributed by atoms with Crippen molar-refractivity contribution >= 4 is 34.2 Å². The highest BCUT2D eigenvalue weighted by Gasteiger charge is 2.33. The van der Waals surface area contributed by atoms with E-state index in [1.807, 2.05) is 6.07 Å². The summed E-state index contributed by atoms with van der Waals surface area (Å²) in [5, 5.41) is 3.15. The van der Waals surface area contributed by atoms with Gasteiger partial charge < -0.3 is 15.1 Å². The van der Waals surface area contributed by atoms with E-state index in [4.69, 9.17) is 0 Å². The zero-order valence-corrected chi connectivity index (χ0v) is 16.5. The number of thiazole rings is 1. The third-order valence-corrected chi connectivity index (χ3v) is 5.47. The van der Waals surface area contributed by atoms with Gasteiger partial charge in [-0.05, 0) is 18.6 Å². The number of rotatable bonds is 3. The van der Waals surface area contributed by atoms with Gasteiger partial charge >= 0.3 is 0 Å². The number of amides is 3. The van der Waals surface area contributed by atoms with Gasteiger partial charge in [0.05, 0.1) is 17.3 Å². The van der Waals surface area contributed by atoms with Crippen molar-refractivity contribution in [2.24, 2.45) is 0 Å². The zero-order valence-electron chi connectivity index (χ0n) is 15.6. The maximum atomic E-state index is 12.9. The Morgan fingerprint density at radius 2 is 2.07 bits per heavy atom. The second kappa shape index (κ2) is 7.43. The molecule has 0 saturated carbocycles. The Labute approximate surface area is 161 Å². The average Bonchev–Trinajstić information content (AvgIpc) is 2.99. The number of anilines is 1. The molecule has 142 valence electrons. The van der Waals surface area contributed by atoms with E-state index in [2.05, 4.69) is 15.3 Å². The summed E-state index contributed by atoms with van der Waals surface area (Å²) in [6.45, 7) is 3.93. The van der Waals surface area contributed by atoms with Gasteiger partial charge in [0, 0.05) is 40.3 Å². The van der Waals surface area contributed by atoms with E-state index in [-0.39, 0.29) is 24.3 Å². The lowest BCUT2D eigenvalue weighted by molar-refractivity contribution is -0.131. The van der Waals surface area contributed by atoms with Crippen molar-refractivity contribution in [1.29, 1.82) is 0 Å². The fraction of sp³-hybridized carbons (Fsp3) is 0.389. The summed E-state index contributed by atoms with van der Waals surface area (Å²) in [6, 6.07) is 3.67. The van der Waals surface area contributed by atoms with Gasteiger partial charge in [-0.15, -0.1) is 0 Å². The molecule has 3 heterocycles. The highest BCUT2D eigenvalue weighted by atomic mass is 32.1. The summed E-state index contributed by atoms with van der Waals surface area (Å²) in [5.41, 5.74) is 2.10. The first-order valence-electron chi connectivity index (χ1n) is 8.47. The summed E-state index contributed by atoms with van der Waals surface area (Å²) < 4.78 is 0. The first kappa shape index (κ1) is 19.0. The summed E-state index contributed by atoms with van der Waals surface area (Å²) in [7, 11) is 3.33. The van der Waals surface area contributed by atoms with Gasteiger partial charge in [-0.1, -0.05) is 17.4 Å². The van der Waals surface area contributed by atoms with E-state index in [1.54, 1.807) is 38.2 Å². The van der Waals surface area contributed by atoms with Crippen LogP contribution >= 0.6 is 11.3 Å². The van der Waals surface area contributed by atoms with Gasteiger partial charge in [-0.3, -0.25) is 19.4 Å². The molecular formula is C18H21N5O3S. The van der Waals surface area contributed by atoms with Crippen LogP contribution in [0.4, 0.5) is 5.13 Å². The first-order valence-corrected chi connectivity index (χ1v) is 9.28. The van der Waals surface area contributed by atoms with Gasteiger partial charge in [-0.2, -0.15) is 0 Å². The maximum absolute atomic E-state index is 12.9. The van der Waals surface area contributed by atoms with Crippen molar-refractivity contribution in [2.75, 3.05) is 26.0 Å². The van der Waals surface area contributed by atoms with Crippen molar-refractivity contribution in [1.82, 2.24) is 19.8 Å². The number of aryl methyl sites for hydroxylation is 1. The van der Waals surface area contributed by atoms with Crippen LogP contribution in [0.3, 0.4) is 0 Å². The van der Waals surface area contributed by atoms with Gasteiger partial charge in [0.1, 0.15) is 4.88 Å². The van der Waals surface area contributed by atoms with Crippen LogP contribution in [0, 0.1) is 6.92 Å². The largest absolute Gasteiger partial charge is 0.344 e. The summed E-state index contributed by atoms with van der Waals surface area (Å²) in [5.74, 6) is -1.13. The van der Waals surface area contributed by atoms with E-state index in [1.165, 1.54) is 11.8 Å². The minimum atomic E-state index is -0.587. The van der Waals surface area contributed by atoms with E-state index in [0.717, 1.165) is 16.9 Å². The quantitative estimate of drug-likeness (QED) is 0.864. The molecule has 0 spiro atoms. The molecule has 0 fully saturated rings. The molecule has 1 aliphatic rings. The Hall–Kier alpha value is -2.81. The number of carbonyl (C=O) groups excluding carboxylic acids is 3. The van der Waals surface area contributed by atoms with Crippen molar-refractivity contribution < 1.29 is 14.4 Å². The third kappa shape index (κ3) is 3.82. The number of nitrogens with zero attached hydrogens (tertiary/aromatic N) is 4. The van der Waals surface area contributed by atoms with Crippen molar-refractivity contribution in [2.45, 2.75) is 26.3 Å². The molecule has 27 heavy (non-hydrogen) atoms. The summed E-state index contributed by atoms with van der Waals surface area (Å²) in [6.07, 6.45) is 1.64. The molecule has 9 heteroatoms. The Morgan fingerprint density at radius 1 is 1.33 bits per heavy atom. The van der Waals surface area contributed by atoms with E-state index < -0.39 is 5.92 Å². The highest BCUT2D eigenvalue weighted by molar-refractivity contribution is 7.17. The van der Waals surface area contributed by atoms with Crippen LogP contribution in [-0.4, -0.2) is 58.1 Å². The second-order valence-corrected chi connectivity index (χ2v) is 7.62. The fourth-order valence-corrected chi connectivity index (χ4v) is 3.96. The van der Waals surface area contributed by atoms with Gasteiger partial charge in [0.25, 0.3) is 5.91 Å². The average molecular weight is 387 g/mol. The molecule has 1 N–H and O–H groups in total. The molecule has 1 atom stereocenters. The molecule has 3 amide bonds. The van der Waals surface area contributed by atoms with Gasteiger partial charge in [-0.25, -0.2) is 4.98 Å². The molecule has 0 bridgehead atoms. The Balaban J connectivity index is 1.85. The number of aromatic nitrogens is 2. The normalized spacial score (nSPS) is 15.9. The van der Waals surface area contributed by atoms with E-state index >= 15 is 0 Å². The predicted octanol–water partition coefficient (Wildman–Crippen LogP) is 1.63. The number of fused-ring (bicyclic) bond motifs is 1. The van der Waals surface area contributed by atoms with Crippen LogP contribution in [0.25, 0.3) is 0 Å². The van der Waals surface area contributed by atoms with Crippen LogP contribution < -0.4 is 5.32 Å². The molecule has 0 aliphatic carbocycles. The molecule has 0 saturated heterocycles. The lowest BCUT2D eigenvalue weighted by Crippen LogP contribution is -2.41. The van der Waals surface area contributed by atoms with Crippen LogP contribution in [-0.2, 0) is 16.1 Å². The molecule has 1 unspecified atom stereocenters. The SMILES string of the molecule is CC(=O)N1Cc2cccnc2C(C(=O)Nc2nc(C)c(C(=O)N(C)C)s2)C1. The molecule has 0 radical (unpaired) electrons. The summed E-state index contributed by atoms with van der Waals surface area (Å²) >= 11 is 1.14. The molecule has 2 aromatic rings. The number of nitrogens with one attached hydrogen (secondary N) is 1. The van der Waals surface area contributed by atoms with Crippen LogP contribution in [0.15, 0.2) is 18.3 Å². The Kier molecular flexibility index (Phi) is 5.22. The highest BCUT2D eigenvalue weighted by Crippen LogP contribution is 2.29. The van der Waals surface area contributed by atoms with Crippen molar-refractivity contribution in [3.05, 3.63) is 40.2 Å². The lowest BCUT2D eigenvalue weighted by Gasteiger charge is -2.32. The number of carbonyl (C=O) groups is 3. The smallest absolute Gasteiger partial charge is 0.265 e. The Morgan fingerprint density at radius 3 is 2.74 bits per heavy atom. The van der Waals surface area contributed by atoms with Crippen molar-refractivity contribution in [3.63, 3.8) is 0 Å². The molecule has 3 rings (SSSR count). The van der Waals surface area contributed by atoms with E-state index in [0.29, 0.717) is 27.9 Å². The minimum Gasteiger partial charge on any atom is -0.344 e. The number of hydrogen-bond donors (Lipinski definition) is 1. The second-order valence-electron chi connectivity index (χ2n) is 6.62. The lowest BCUT2D eigenvalue weighted by atomic mass is 9.94. The number of hydrogen-bond acceptors (Lipinski definition) is 6. The van der Waals surface area contributed by atoms with Gasteiger partial charge in [0.2, 0.25) is 11.8 Å². The predicted molar refractivity (Wildman–Crippen MR) is 102 cm³/mol. The topological polar surface area (TPSA) is 95.5 Å². The zero-order chi connectivity index (χ0) is 19.7. The molecule has 2 aromatic heterocycles. The third-order valence-electron chi connectivity index (χ3n) is 4.41. The molecule has 8 nitrogen and oxygen atoms in total. The molecule has 1 aliphatic heterocycles.